The van der Waals surface area contributed by atoms with Crippen molar-refractivity contribution in [3.63, 3.8) is 0 Å². The SMILES string of the molecule is Cc1cc(-c2[c-]ccc3c2oc2cc(-c4ccccc4)ccc23)ncc1-c1ccccc1.Cc1cc(-c2ccc([Si](C)(C)C)cn2)[c-]cc1-c1ccccc1.[Ir]. The van der Waals surface area contributed by atoms with Gasteiger partial charge in [-0.25, -0.2) is 0 Å². The van der Waals surface area contributed by atoms with Crippen LogP contribution in [-0.2, 0) is 20.1 Å². The molecule has 0 aliphatic carbocycles. The third kappa shape index (κ3) is 8.12. The fourth-order valence-corrected chi connectivity index (χ4v) is 8.06. The Morgan fingerprint density at radius 2 is 1.16 bits per heavy atom. The van der Waals surface area contributed by atoms with Crippen LogP contribution in [0.1, 0.15) is 11.1 Å². The van der Waals surface area contributed by atoms with Crippen LogP contribution in [0, 0.1) is 26.0 Å². The minimum atomic E-state index is -1.29. The summed E-state index contributed by atoms with van der Waals surface area (Å²) in [5, 5.41) is 3.58. The summed E-state index contributed by atoms with van der Waals surface area (Å²) in [5.41, 5.74) is 15.0. The van der Waals surface area contributed by atoms with Gasteiger partial charge in [-0.2, -0.15) is 0 Å². The summed E-state index contributed by atoms with van der Waals surface area (Å²) in [7, 11) is -1.29. The first-order valence-electron chi connectivity index (χ1n) is 18.7. The minimum Gasteiger partial charge on any atom is -0.501 e. The van der Waals surface area contributed by atoms with Gasteiger partial charge in [-0.15, -0.1) is 47.5 Å². The van der Waals surface area contributed by atoms with E-state index < -0.39 is 8.07 Å². The quantitative estimate of drug-likeness (QED) is 0.123. The Bertz CT molecular complexity index is 2740. The van der Waals surface area contributed by atoms with Gasteiger partial charge in [0.15, 0.2) is 0 Å². The molecule has 0 saturated heterocycles. The molecule has 0 fully saturated rings. The number of hydrogen-bond acceptors (Lipinski definition) is 3. The van der Waals surface area contributed by atoms with Crippen LogP contribution >= 0.6 is 0 Å². The van der Waals surface area contributed by atoms with Crippen LogP contribution in [0.2, 0.25) is 19.6 Å². The Morgan fingerprint density at radius 1 is 0.536 bits per heavy atom. The largest absolute Gasteiger partial charge is 0.501 e. The van der Waals surface area contributed by atoms with Gasteiger partial charge in [0.1, 0.15) is 5.58 Å². The molecule has 9 aromatic rings. The van der Waals surface area contributed by atoms with E-state index in [4.69, 9.17) is 9.40 Å². The zero-order valence-electron chi connectivity index (χ0n) is 32.2. The summed E-state index contributed by atoms with van der Waals surface area (Å²) < 4.78 is 6.38. The van der Waals surface area contributed by atoms with E-state index in [9.17, 15) is 0 Å². The fraction of sp³-hybridized carbons (Fsp3) is 0.0980. The van der Waals surface area contributed by atoms with Gasteiger partial charge < -0.3 is 14.4 Å². The van der Waals surface area contributed by atoms with E-state index in [0.29, 0.717) is 0 Å². The first kappa shape index (κ1) is 38.6. The zero-order chi connectivity index (χ0) is 37.9. The van der Waals surface area contributed by atoms with E-state index in [2.05, 4.69) is 178 Å². The third-order valence-electron chi connectivity index (χ3n) is 10.1. The number of nitrogens with zero attached hydrogens (tertiary/aromatic N) is 2. The van der Waals surface area contributed by atoms with Crippen LogP contribution in [0.4, 0.5) is 0 Å². The van der Waals surface area contributed by atoms with Gasteiger partial charge in [0, 0.05) is 43.4 Å². The molecular weight excluding hydrogens is 877 g/mol. The molecule has 9 rings (SSSR count). The maximum Gasteiger partial charge on any atom is 0.121 e. The van der Waals surface area contributed by atoms with Crippen molar-refractivity contribution in [2.45, 2.75) is 33.5 Å². The van der Waals surface area contributed by atoms with Crippen molar-refractivity contribution >= 4 is 35.2 Å². The fourth-order valence-electron chi connectivity index (χ4n) is 7.03. The number of aryl methyl sites for hydroxylation is 2. The molecule has 3 aromatic heterocycles. The standard InChI is InChI=1S/C30H20NO.C21H22NSi.Ir/c1-20-17-28(31-19-27(20)22-11-6-3-7-12-22)26-14-8-13-25-24-16-15-23(18-29(24)32-30(25)26)21-9-4-2-5-10-21;1-16-14-18(10-12-20(16)17-8-6-5-7-9-17)21-13-11-19(15-22-21)23(2,3)4;/h2-13,15-19H,1H3;5-9,11-15H,1-4H3;/q2*-1;. The van der Waals surface area contributed by atoms with E-state index in [1.807, 2.05) is 36.7 Å². The number of hydrogen-bond donors (Lipinski definition) is 0. The number of aromatic nitrogens is 2. The van der Waals surface area contributed by atoms with Crippen LogP contribution in [0.15, 0.2) is 168 Å². The van der Waals surface area contributed by atoms with Crippen molar-refractivity contribution < 1.29 is 24.5 Å². The molecule has 0 atom stereocenters. The summed E-state index contributed by atoms with van der Waals surface area (Å²) in [6.07, 6.45) is 3.98. The first-order valence-corrected chi connectivity index (χ1v) is 22.2. The summed E-state index contributed by atoms with van der Waals surface area (Å²) in [5.74, 6) is 0. The normalized spacial score (nSPS) is 11.2. The summed E-state index contributed by atoms with van der Waals surface area (Å²) in [4.78, 5) is 9.44. The predicted octanol–water partition coefficient (Wildman–Crippen LogP) is 13.2. The van der Waals surface area contributed by atoms with E-state index >= 15 is 0 Å². The molecule has 0 aliphatic heterocycles. The van der Waals surface area contributed by atoms with Crippen molar-refractivity contribution in [3.8, 4) is 55.9 Å². The molecule has 0 unspecified atom stereocenters. The molecule has 1 radical (unpaired) electrons. The number of benzene rings is 6. The van der Waals surface area contributed by atoms with Crippen molar-refractivity contribution in [2.24, 2.45) is 0 Å². The molecule has 0 saturated carbocycles. The number of rotatable bonds is 6. The topological polar surface area (TPSA) is 38.9 Å². The van der Waals surface area contributed by atoms with Crippen molar-refractivity contribution in [3.05, 3.63) is 187 Å². The van der Waals surface area contributed by atoms with E-state index in [1.54, 1.807) is 0 Å². The summed E-state index contributed by atoms with van der Waals surface area (Å²) in [6.45, 7) is 11.3. The molecule has 0 amide bonds. The molecule has 0 bridgehead atoms. The Kier molecular flexibility index (Phi) is 11.4. The molecule has 0 N–H and O–H groups in total. The second-order valence-corrected chi connectivity index (χ2v) is 20.1. The van der Waals surface area contributed by atoms with Gasteiger partial charge in [-0.3, -0.25) is 0 Å². The number of furan rings is 1. The predicted molar refractivity (Wildman–Crippen MR) is 233 cm³/mol. The maximum atomic E-state index is 6.38. The average molecular weight is 919 g/mol. The molecule has 0 spiro atoms. The number of pyridine rings is 2. The number of fused-ring (bicyclic) bond motifs is 3. The van der Waals surface area contributed by atoms with Gasteiger partial charge in [-0.05, 0) is 51.8 Å². The molecule has 0 aliphatic rings. The van der Waals surface area contributed by atoms with E-state index in [-0.39, 0.29) is 20.1 Å². The van der Waals surface area contributed by atoms with Crippen LogP contribution in [0.25, 0.3) is 77.8 Å². The second-order valence-electron chi connectivity index (χ2n) is 15.0. The zero-order valence-corrected chi connectivity index (χ0v) is 35.6. The summed E-state index contributed by atoms with van der Waals surface area (Å²) in [6, 6.07) is 59.1. The first-order chi connectivity index (χ1) is 26.7. The monoisotopic (exact) mass is 919 g/mol. The van der Waals surface area contributed by atoms with Gasteiger partial charge in [-0.1, -0.05) is 170 Å². The van der Waals surface area contributed by atoms with Gasteiger partial charge >= 0.3 is 0 Å². The Morgan fingerprint density at radius 3 is 1.77 bits per heavy atom. The Hall–Kier alpha value is -5.71. The van der Waals surface area contributed by atoms with Crippen LogP contribution < -0.4 is 5.19 Å². The average Bonchev–Trinajstić information content (AvgIpc) is 3.60. The summed E-state index contributed by atoms with van der Waals surface area (Å²) >= 11 is 0. The molecule has 5 heteroatoms. The van der Waals surface area contributed by atoms with E-state index in [1.165, 1.54) is 38.6 Å². The van der Waals surface area contributed by atoms with Crippen molar-refractivity contribution in [1.29, 1.82) is 0 Å². The molecule has 56 heavy (non-hydrogen) atoms. The molecule has 6 aromatic carbocycles. The third-order valence-corrected chi connectivity index (χ3v) is 12.2. The smallest absolute Gasteiger partial charge is 0.121 e. The van der Waals surface area contributed by atoms with Gasteiger partial charge in [0.2, 0.25) is 0 Å². The molecular formula is C51H42IrN2OSi-2. The van der Waals surface area contributed by atoms with Crippen LogP contribution in [-0.4, -0.2) is 18.0 Å². The van der Waals surface area contributed by atoms with E-state index in [0.717, 1.165) is 55.6 Å². The van der Waals surface area contributed by atoms with Gasteiger partial charge in [0.05, 0.1) is 13.7 Å². The Balaban J connectivity index is 0.000000178. The van der Waals surface area contributed by atoms with Crippen molar-refractivity contribution in [2.75, 3.05) is 0 Å². The minimum absolute atomic E-state index is 0. The molecule has 3 nitrogen and oxygen atoms in total. The van der Waals surface area contributed by atoms with Gasteiger partial charge in [0.25, 0.3) is 0 Å². The molecule has 277 valence electrons. The molecule has 3 heterocycles. The second kappa shape index (κ2) is 16.6. The van der Waals surface area contributed by atoms with Crippen LogP contribution in [0.3, 0.4) is 0 Å². The van der Waals surface area contributed by atoms with Crippen molar-refractivity contribution in [1.82, 2.24) is 9.97 Å². The van der Waals surface area contributed by atoms with Crippen LogP contribution in [0.5, 0.6) is 0 Å². The maximum absolute atomic E-state index is 6.38. The Labute approximate surface area is 344 Å².